The Kier molecular flexibility index (Phi) is 3.61. The van der Waals surface area contributed by atoms with E-state index in [1.165, 1.54) is 6.20 Å². The van der Waals surface area contributed by atoms with Gasteiger partial charge in [-0.05, 0) is 5.56 Å². The number of hydrogen-bond acceptors (Lipinski definition) is 4. The predicted octanol–water partition coefficient (Wildman–Crippen LogP) is 1.19. The molecule has 0 aliphatic heterocycles. The topological polar surface area (TPSA) is 79.5 Å². The van der Waals surface area contributed by atoms with E-state index in [0.717, 1.165) is 5.56 Å². The molecule has 0 saturated carbocycles. The number of nitrogens with zero attached hydrogens (tertiary/aromatic N) is 3. The van der Waals surface area contributed by atoms with Crippen molar-refractivity contribution in [3.8, 4) is 0 Å². The lowest BCUT2D eigenvalue weighted by Gasteiger charge is -2.16. The van der Waals surface area contributed by atoms with Crippen LogP contribution >= 0.6 is 0 Å². The molecule has 21 heavy (non-hydrogen) atoms. The van der Waals surface area contributed by atoms with Gasteiger partial charge >= 0.3 is 0 Å². The lowest BCUT2D eigenvalue weighted by atomic mass is 10.1. The van der Waals surface area contributed by atoms with Crippen LogP contribution in [0.4, 0.5) is 0 Å². The van der Waals surface area contributed by atoms with Crippen molar-refractivity contribution < 1.29 is 9.90 Å². The van der Waals surface area contributed by atoms with Crippen molar-refractivity contribution in [3.63, 3.8) is 0 Å². The van der Waals surface area contributed by atoms with Gasteiger partial charge in [-0.1, -0.05) is 30.3 Å². The monoisotopic (exact) mass is 282 g/mol. The van der Waals surface area contributed by atoms with E-state index in [0.29, 0.717) is 11.1 Å². The molecule has 2 aromatic heterocycles. The fourth-order valence-electron chi connectivity index (χ4n) is 2.17. The summed E-state index contributed by atoms with van der Waals surface area (Å²) in [6.45, 7) is -0.173. The van der Waals surface area contributed by atoms with Gasteiger partial charge in [-0.2, -0.15) is 5.10 Å². The first-order chi connectivity index (χ1) is 10.3. The summed E-state index contributed by atoms with van der Waals surface area (Å²) in [7, 11) is 0. The van der Waals surface area contributed by atoms with Crippen molar-refractivity contribution >= 4 is 11.4 Å². The maximum absolute atomic E-state index is 12.4. The average Bonchev–Trinajstić information content (AvgIpc) is 2.97. The molecule has 1 unspecified atom stereocenters. The second kappa shape index (κ2) is 5.72. The zero-order valence-electron chi connectivity index (χ0n) is 11.2. The largest absolute Gasteiger partial charge is 0.394 e. The Morgan fingerprint density at radius 1 is 1.29 bits per heavy atom. The van der Waals surface area contributed by atoms with E-state index in [-0.39, 0.29) is 12.5 Å². The molecule has 0 saturated heterocycles. The van der Waals surface area contributed by atoms with Gasteiger partial charge in [0.05, 0.1) is 36.1 Å². The number of carbonyl (C=O) groups is 1. The van der Waals surface area contributed by atoms with Crippen LogP contribution in [0, 0.1) is 0 Å². The highest BCUT2D eigenvalue weighted by Crippen LogP contribution is 2.14. The molecule has 2 heterocycles. The van der Waals surface area contributed by atoms with Gasteiger partial charge in [0.2, 0.25) is 0 Å². The highest BCUT2D eigenvalue weighted by Gasteiger charge is 2.17. The second-order valence-electron chi connectivity index (χ2n) is 4.58. The van der Waals surface area contributed by atoms with E-state index in [1.54, 1.807) is 23.1 Å². The molecule has 0 aliphatic carbocycles. The van der Waals surface area contributed by atoms with Gasteiger partial charge in [0.1, 0.15) is 0 Å². The number of rotatable bonds is 4. The van der Waals surface area contributed by atoms with Gasteiger partial charge in [-0.3, -0.25) is 9.78 Å². The number of aliphatic hydroxyl groups excluding tert-OH is 1. The normalized spacial score (nSPS) is 12.2. The van der Waals surface area contributed by atoms with E-state index in [9.17, 15) is 9.90 Å². The van der Waals surface area contributed by atoms with Gasteiger partial charge < -0.3 is 10.4 Å². The molecule has 3 rings (SSSR count). The predicted molar refractivity (Wildman–Crippen MR) is 76.7 cm³/mol. The minimum Gasteiger partial charge on any atom is -0.394 e. The van der Waals surface area contributed by atoms with Crippen molar-refractivity contribution in [2.24, 2.45) is 0 Å². The maximum Gasteiger partial charge on any atom is 0.255 e. The van der Waals surface area contributed by atoms with Crippen LogP contribution in [0.2, 0.25) is 0 Å². The van der Waals surface area contributed by atoms with Crippen LogP contribution in [0.25, 0.3) is 5.52 Å². The molecule has 6 nitrogen and oxygen atoms in total. The molecule has 1 amide bonds. The van der Waals surface area contributed by atoms with Gasteiger partial charge in [-0.15, -0.1) is 0 Å². The highest BCUT2D eigenvalue weighted by atomic mass is 16.3. The first kappa shape index (κ1) is 13.3. The summed E-state index contributed by atoms with van der Waals surface area (Å²) >= 11 is 0. The van der Waals surface area contributed by atoms with Crippen LogP contribution in [0.1, 0.15) is 22.0 Å². The fourth-order valence-corrected chi connectivity index (χ4v) is 2.17. The number of carbonyl (C=O) groups excluding carboxylic acids is 1. The Hall–Kier alpha value is -2.73. The summed E-state index contributed by atoms with van der Waals surface area (Å²) in [5.41, 5.74) is 1.90. The summed E-state index contributed by atoms with van der Waals surface area (Å²) in [5, 5.41) is 16.4. The van der Waals surface area contributed by atoms with E-state index < -0.39 is 6.04 Å². The van der Waals surface area contributed by atoms with Crippen molar-refractivity contribution in [1.82, 2.24) is 19.9 Å². The molecule has 3 aromatic rings. The van der Waals surface area contributed by atoms with Crippen LogP contribution in [0.5, 0.6) is 0 Å². The van der Waals surface area contributed by atoms with Crippen LogP contribution < -0.4 is 5.32 Å². The van der Waals surface area contributed by atoms with Crippen molar-refractivity contribution in [2.75, 3.05) is 6.61 Å². The van der Waals surface area contributed by atoms with Crippen LogP contribution in [0.3, 0.4) is 0 Å². The van der Waals surface area contributed by atoms with Gasteiger partial charge in [-0.25, -0.2) is 4.52 Å². The third-order valence-corrected chi connectivity index (χ3v) is 3.26. The molecule has 0 fully saturated rings. The third-order valence-electron chi connectivity index (χ3n) is 3.26. The zero-order valence-corrected chi connectivity index (χ0v) is 11.2. The van der Waals surface area contributed by atoms with Gasteiger partial charge in [0, 0.05) is 12.4 Å². The summed E-state index contributed by atoms with van der Waals surface area (Å²) < 4.78 is 1.58. The Labute approximate surface area is 121 Å². The molecule has 0 aliphatic rings. The zero-order chi connectivity index (χ0) is 14.7. The van der Waals surface area contributed by atoms with Crippen LogP contribution in [-0.2, 0) is 0 Å². The lowest BCUT2D eigenvalue weighted by molar-refractivity contribution is 0.0918. The molecule has 0 spiro atoms. The number of hydrogen-bond donors (Lipinski definition) is 2. The van der Waals surface area contributed by atoms with Crippen molar-refractivity contribution in [3.05, 3.63) is 66.2 Å². The van der Waals surface area contributed by atoms with E-state index in [1.807, 2.05) is 30.3 Å². The molecular formula is C15H14N4O2. The highest BCUT2D eigenvalue weighted by molar-refractivity contribution is 6.00. The van der Waals surface area contributed by atoms with E-state index in [2.05, 4.69) is 15.4 Å². The molecule has 106 valence electrons. The van der Waals surface area contributed by atoms with E-state index >= 15 is 0 Å². The first-order valence-electron chi connectivity index (χ1n) is 6.53. The number of aromatic nitrogens is 3. The Morgan fingerprint density at radius 3 is 2.86 bits per heavy atom. The number of aliphatic hydroxyl groups is 1. The van der Waals surface area contributed by atoms with Crippen molar-refractivity contribution in [2.45, 2.75) is 6.04 Å². The quantitative estimate of drug-likeness (QED) is 0.753. The first-order valence-corrected chi connectivity index (χ1v) is 6.53. The molecule has 1 aromatic carbocycles. The third kappa shape index (κ3) is 2.61. The molecule has 0 radical (unpaired) electrons. The molecule has 0 bridgehead atoms. The minimum absolute atomic E-state index is 0.173. The molecule has 1 atom stereocenters. The number of benzene rings is 1. The summed E-state index contributed by atoms with van der Waals surface area (Å²) in [6, 6.07) is 8.88. The molecule has 6 heteroatoms. The molecular weight excluding hydrogens is 268 g/mol. The lowest BCUT2D eigenvalue weighted by Crippen LogP contribution is -2.30. The Morgan fingerprint density at radius 2 is 2.10 bits per heavy atom. The van der Waals surface area contributed by atoms with Gasteiger partial charge in [0.25, 0.3) is 5.91 Å². The number of amides is 1. The van der Waals surface area contributed by atoms with Crippen molar-refractivity contribution in [1.29, 1.82) is 0 Å². The minimum atomic E-state index is -0.453. The smallest absolute Gasteiger partial charge is 0.255 e. The Balaban J connectivity index is 1.85. The summed E-state index contributed by atoms with van der Waals surface area (Å²) in [6.07, 6.45) is 6.35. The Bertz CT molecular complexity index is 754. The van der Waals surface area contributed by atoms with E-state index in [4.69, 9.17) is 0 Å². The fraction of sp³-hybridized carbons (Fsp3) is 0.133. The van der Waals surface area contributed by atoms with Gasteiger partial charge in [0.15, 0.2) is 0 Å². The molecule has 2 N–H and O–H groups in total. The maximum atomic E-state index is 12.4. The summed E-state index contributed by atoms with van der Waals surface area (Å²) in [4.78, 5) is 16.4. The summed E-state index contributed by atoms with van der Waals surface area (Å²) in [5.74, 6) is -0.291. The average molecular weight is 282 g/mol. The number of fused-ring (bicyclic) bond motifs is 1. The second-order valence-corrected chi connectivity index (χ2v) is 4.58. The number of nitrogens with one attached hydrogen (secondary N) is 1. The SMILES string of the molecule is O=C(NC(CO)c1ccccc1)c1cnn2ccncc12. The standard InChI is InChI=1S/C15H14N4O2/c20-10-13(11-4-2-1-3-5-11)18-15(21)12-8-17-19-7-6-16-9-14(12)19/h1-9,13,20H,10H2,(H,18,21). The van der Waals surface area contributed by atoms with Crippen LogP contribution in [-0.4, -0.2) is 32.2 Å². The van der Waals surface area contributed by atoms with Crippen LogP contribution in [0.15, 0.2) is 55.1 Å².